The van der Waals surface area contributed by atoms with Crippen LogP contribution in [0.1, 0.15) is 94.4 Å². The Hall–Kier alpha value is -3.21. The van der Waals surface area contributed by atoms with Gasteiger partial charge in [0.2, 0.25) is 5.91 Å². The van der Waals surface area contributed by atoms with Crippen molar-refractivity contribution in [2.75, 3.05) is 14.2 Å². The van der Waals surface area contributed by atoms with Gasteiger partial charge in [-0.05, 0) is 112 Å². The SMILES string of the molecule is C=O.CNS.CO.Cc1nc2cc(-c3ccc(C4CCCC(C(=O)NC5CCC6(CCCC6)CC5)C4)cc3)ccc2n1C.O=CO. The number of nitrogens with one attached hydrogen (secondary N) is 2. The highest BCUT2D eigenvalue weighted by Crippen LogP contribution is 2.49. The predicted octanol–water partition coefficient (Wildman–Crippen LogP) is 6.62. The maximum absolute atomic E-state index is 13.2. The van der Waals surface area contributed by atoms with E-state index < -0.39 is 0 Å². The van der Waals surface area contributed by atoms with Gasteiger partial charge in [0, 0.05) is 26.1 Å². The molecule has 1 heterocycles. The molecular formula is C36H54N4O5S. The minimum atomic E-state index is -0.250. The van der Waals surface area contributed by atoms with E-state index in [0.29, 0.717) is 23.3 Å². The van der Waals surface area contributed by atoms with E-state index in [1.807, 2.05) is 13.7 Å². The van der Waals surface area contributed by atoms with Gasteiger partial charge in [-0.1, -0.05) is 62.4 Å². The van der Waals surface area contributed by atoms with E-state index in [1.165, 1.54) is 80.0 Å². The zero-order chi connectivity index (χ0) is 34.1. The molecule has 1 spiro atoms. The van der Waals surface area contributed by atoms with Gasteiger partial charge in [0.25, 0.3) is 6.47 Å². The summed E-state index contributed by atoms with van der Waals surface area (Å²) in [5, 5.41) is 17.4. The highest BCUT2D eigenvalue weighted by atomic mass is 32.1. The number of thiol groups is 1. The summed E-state index contributed by atoms with van der Waals surface area (Å²) in [6, 6.07) is 16.0. The van der Waals surface area contributed by atoms with Crippen molar-refractivity contribution in [2.45, 2.75) is 95.9 Å². The third-order valence-corrected chi connectivity index (χ3v) is 9.92. The fourth-order valence-corrected chi connectivity index (χ4v) is 7.50. The number of aliphatic hydroxyl groups is 1. The van der Waals surface area contributed by atoms with Crippen LogP contribution >= 0.6 is 12.8 Å². The molecule has 0 radical (unpaired) electrons. The third kappa shape index (κ3) is 10.4. The van der Waals surface area contributed by atoms with E-state index in [2.05, 4.69) is 76.9 Å². The number of carboxylic acid groups (broad SMARTS) is 1. The smallest absolute Gasteiger partial charge is 0.290 e. The van der Waals surface area contributed by atoms with E-state index in [4.69, 9.17) is 24.8 Å². The van der Waals surface area contributed by atoms with Crippen LogP contribution in [0.3, 0.4) is 0 Å². The molecule has 6 rings (SSSR count). The zero-order valence-corrected chi connectivity index (χ0v) is 28.9. The topological polar surface area (TPSA) is 134 Å². The van der Waals surface area contributed by atoms with Gasteiger partial charge in [-0.3, -0.25) is 14.3 Å². The maximum Gasteiger partial charge on any atom is 0.290 e. The molecule has 3 aliphatic carbocycles. The van der Waals surface area contributed by atoms with Crippen LogP contribution in [-0.4, -0.2) is 59.1 Å². The number of fused-ring (bicyclic) bond motifs is 1. The number of aryl methyl sites for hydroxylation is 2. The first-order valence-electron chi connectivity index (χ1n) is 16.3. The Morgan fingerprint density at radius 2 is 1.54 bits per heavy atom. The van der Waals surface area contributed by atoms with Crippen LogP contribution < -0.4 is 10.0 Å². The maximum atomic E-state index is 13.2. The van der Waals surface area contributed by atoms with Gasteiger partial charge in [0.05, 0.1) is 11.0 Å². The van der Waals surface area contributed by atoms with Crippen molar-refractivity contribution >= 4 is 43.0 Å². The molecule has 3 aromatic rings. The second-order valence-corrected chi connectivity index (χ2v) is 12.9. The zero-order valence-electron chi connectivity index (χ0n) is 28.0. The van der Waals surface area contributed by atoms with Crippen molar-refractivity contribution in [1.82, 2.24) is 19.6 Å². The largest absolute Gasteiger partial charge is 0.483 e. The Morgan fingerprint density at radius 3 is 2.13 bits per heavy atom. The minimum Gasteiger partial charge on any atom is -0.483 e. The number of rotatable bonds is 4. The summed E-state index contributed by atoms with van der Waals surface area (Å²) in [4.78, 5) is 34.3. The number of hydrogen-bond acceptors (Lipinski definition) is 7. The first-order chi connectivity index (χ1) is 22.3. The van der Waals surface area contributed by atoms with Crippen molar-refractivity contribution < 1.29 is 24.6 Å². The molecule has 3 fully saturated rings. The Morgan fingerprint density at radius 1 is 0.978 bits per heavy atom. The van der Waals surface area contributed by atoms with Gasteiger partial charge in [-0.2, -0.15) is 0 Å². The Labute approximate surface area is 280 Å². The third-order valence-electron chi connectivity index (χ3n) is 9.92. The van der Waals surface area contributed by atoms with Gasteiger partial charge in [0.1, 0.15) is 12.6 Å². The van der Waals surface area contributed by atoms with Crippen LogP contribution in [0, 0.1) is 18.3 Å². The molecule has 0 aliphatic heterocycles. The number of benzene rings is 2. The minimum absolute atomic E-state index is 0.167. The van der Waals surface area contributed by atoms with Gasteiger partial charge >= 0.3 is 0 Å². The molecule has 3 saturated carbocycles. The lowest BCUT2D eigenvalue weighted by atomic mass is 9.71. The molecule has 1 amide bonds. The summed E-state index contributed by atoms with van der Waals surface area (Å²) >= 11 is 3.54. The number of carbonyl (C=O) groups excluding carboxylic acids is 2. The molecule has 0 saturated heterocycles. The van der Waals surface area contributed by atoms with E-state index in [-0.39, 0.29) is 12.4 Å². The van der Waals surface area contributed by atoms with Crippen molar-refractivity contribution in [2.24, 2.45) is 18.4 Å². The van der Waals surface area contributed by atoms with E-state index in [9.17, 15) is 4.79 Å². The number of aliphatic hydroxyl groups excluding tert-OH is 1. The first-order valence-corrected chi connectivity index (χ1v) is 16.7. The summed E-state index contributed by atoms with van der Waals surface area (Å²) in [5.74, 6) is 2.01. The molecule has 2 unspecified atom stereocenters. The predicted molar refractivity (Wildman–Crippen MR) is 189 cm³/mol. The lowest BCUT2D eigenvalue weighted by Crippen LogP contribution is -2.43. The van der Waals surface area contributed by atoms with Crippen molar-refractivity contribution in [3.63, 3.8) is 0 Å². The molecule has 1 aromatic heterocycles. The number of nitrogens with zero attached hydrogens (tertiary/aromatic N) is 2. The molecule has 4 N–H and O–H groups in total. The average molecular weight is 655 g/mol. The molecule has 0 bridgehead atoms. The quantitative estimate of drug-likeness (QED) is 0.158. The second-order valence-electron chi connectivity index (χ2n) is 12.4. The van der Waals surface area contributed by atoms with Gasteiger partial charge < -0.3 is 24.9 Å². The summed E-state index contributed by atoms with van der Waals surface area (Å²) in [6.07, 6.45) is 15.1. The van der Waals surface area contributed by atoms with Crippen LogP contribution in [0.4, 0.5) is 0 Å². The summed E-state index contributed by atoms with van der Waals surface area (Å²) < 4.78 is 4.58. The number of amides is 1. The molecule has 2 aromatic carbocycles. The monoisotopic (exact) mass is 654 g/mol. The van der Waals surface area contributed by atoms with Crippen molar-refractivity contribution in [1.29, 1.82) is 0 Å². The highest BCUT2D eigenvalue weighted by molar-refractivity contribution is 7.78. The standard InChI is InChI=1S/C32H41N3O.CH5NS.CH2O2.CH4O.CH2O/c1-22-33-29-21-26(12-13-30(29)35(22)2)24-10-8-23(9-11-24)25-6-5-7-27(20-25)31(36)34-28-14-18-32(19-15-28)16-3-4-17-32;1-2-3;2-1-3;2*1-2/h8-13,21,25,27-28H,3-7,14-20H2,1-2H3,(H,34,36);2-3H,1H3;1H,(H,2,3);2H,1H3;1H2. The van der Waals surface area contributed by atoms with E-state index >= 15 is 0 Å². The summed E-state index contributed by atoms with van der Waals surface area (Å²) in [6.45, 7) is 3.80. The molecule has 254 valence electrons. The summed E-state index contributed by atoms with van der Waals surface area (Å²) in [7, 11) is 4.81. The second kappa shape index (κ2) is 20.1. The van der Waals surface area contributed by atoms with Crippen molar-refractivity contribution in [3.05, 3.63) is 53.9 Å². The number of carbonyl (C=O) groups is 3. The fourth-order valence-electron chi connectivity index (χ4n) is 7.50. The normalized spacial score (nSPS) is 20.0. The van der Waals surface area contributed by atoms with Gasteiger partial charge in [0.15, 0.2) is 0 Å². The van der Waals surface area contributed by atoms with Crippen LogP contribution in [-0.2, 0) is 21.4 Å². The van der Waals surface area contributed by atoms with Crippen LogP contribution in [0.5, 0.6) is 0 Å². The molecular weight excluding hydrogens is 600 g/mol. The highest BCUT2D eigenvalue weighted by Gasteiger charge is 2.38. The van der Waals surface area contributed by atoms with E-state index in [1.54, 1.807) is 7.05 Å². The number of hydrogen-bond donors (Lipinski definition) is 5. The van der Waals surface area contributed by atoms with Crippen LogP contribution in [0.15, 0.2) is 42.5 Å². The van der Waals surface area contributed by atoms with Crippen LogP contribution in [0.2, 0.25) is 0 Å². The molecule has 9 nitrogen and oxygen atoms in total. The fraction of sp³-hybridized carbons (Fsp3) is 0.556. The Kier molecular flexibility index (Phi) is 17.0. The molecule has 2 atom stereocenters. The van der Waals surface area contributed by atoms with Crippen LogP contribution in [0.25, 0.3) is 22.2 Å². The molecule has 46 heavy (non-hydrogen) atoms. The molecule has 10 heteroatoms. The van der Waals surface area contributed by atoms with E-state index in [0.717, 1.165) is 37.7 Å². The Bertz CT molecular complexity index is 1330. The average Bonchev–Trinajstić information content (AvgIpc) is 3.67. The Balaban J connectivity index is 0.000000664. The van der Waals surface area contributed by atoms with Gasteiger partial charge in [-0.15, -0.1) is 0 Å². The summed E-state index contributed by atoms with van der Waals surface area (Å²) in [5.41, 5.74) is 6.67. The molecule has 3 aliphatic rings. The first kappa shape index (κ1) is 39.0. The van der Waals surface area contributed by atoms with Crippen molar-refractivity contribution in [3.8, 4) is 11.1 Å². The number of aromatic nitrogens is 2. The van der Waals surface area contributed by atoms with Gasteiger partial charge in [-0.25, -0.2) is 4.98 Å². The lowest BCUT2D eigenvalue weighted by molar-refractivity contribution is -0.127. The lowest BCUT2D eigenvalue weighted by Gasteiger charge is -2.38. The number of imidazole rings is 1.